The lowest BCUT2D eigenvalue weighted by Crippen LogP contribution is -2.38. The molecule has 1 heterocycles. The minimum absolute atomic E-state index is 0.113. The molecule has 0 aromatic heterocycles. The van der Waals surface area contributed by atoms with Crippen molar-refractivity contribution in [2.45, 2.75) is 37.6 Å². The second-order valence-electron chi connectivity index (χ2n) is 7.17. The van der Waals surface area contributed by atoms with Crippen molar-refractivity contribution >= 4 is 21.8 Å². The topological polar surface area (TPSA) is 20.3 Å². The van der Waals surface area contributed by atoms with Gasteiger partial charge in [0, 0.05) is 23.0 Å². The number of hydrogen-bond donors (Lipinski definition) is 0. The maximum atomic E-state index is 13.4. The zero-order valence-corrected chi connectivity index (χ0v) is 15.6. The Labute approximate surface area is 156 Å². The Kier molecular flexibility index (Phi) is 4.63. The second-order valence-corrected chi connectivity index (χ2v) is 8.08. The molecule has 1 amide bonds. The average Bonchev–Trinajstić information content (AvgIpc) is 3.27. The Morgan fingerprint density at radius 3 is 2.84 bits per heavy atom. The molecule has 2 nitrogen and oxygen atoms in total. The minimum Gasteiger partial charge on any atom is -0.339 e. The maximum Gasteiger partial charge on any atom is 0.226 e. The number of carbonyl (C=O) groups is 1. The van der Waals surface area contributed by atoms with Gasteiger partial charge in [-0.2, -0.15) is 0 Å². The summed E-state index contributed by atoms with van der Waals surface area (Å²) in [5.74, 6) is 0.539. The SMILES string of the molecule is O=C(C1CC1c1cccc(Br)c1)N1CCCC1Cc1cccc(F)c1. The van der Waals surface area contributed by atoms with Gasteiger partial charge in [-0.05, 0) is 67.0 Å². The molecule has 130 valence electrons. The molecule has 4 heteroatoms. The van der Waals surface area contributed by atoms with Gasteiger partial charge in [-0.1, -0.05) is 40.2 Å². The monoisotopic (exact) mass is 401 g/mol. The number of likely N-dealkylation sites (tertiary alicyclic amines) is 1. The van der Waals surface area contributed by atoms with E-state index in [0.29, 0.717) is 5.92 Å². The summed E-state index contributed by atoms with van der Waals surface area (Å²) < 4.78 is 14.5. The standard InChI is InChI=1S/C21H21BrFNO/c22-16-6-2-5-15(12-16)19-13-20(19)21(25)24-9-3-8-18(24)11-14-4-1-7-17(23)10-14/h1-2,4-7,10,12,18-20H,3,8-9,11,13H2. The van der Waals surface area contributed by atoms with E-state index in [-0.39, 0.29) is 23.7 Å². The molecule has 2 aromatic carbocycles. The summed E-state index contributed by atoms with van der Waals surface area (Å²) in [6.45, 7) is 0.834. The number of amides is 1. The van der Waals surface area contributed by atoms with Crippen LogP contribution in [-0.2, 0) is 11.2 Å². The lowest BCUT2D eigenvalue weighted by molar-refractivity contribution is -0.133. The molecule has 3 unspecified atom stereocenters. The highest BCUT2D eigenvalue weighted by Crippen LogP contribution is 2.49. The van der Waals surface area contributed by atoms with E-state index < -0.39 is 0 Å². The first-order chi connectivity index (χ1) is 12.1. The number of hydrogen-bond acceptors (Lipinski definition) is 1. The van der Waals surface area contributed by atoms with Crippen molar-refractivity contribution in [2.24, 2.45) is 5.92 Å². The van der Waals surface area contributed by atoms with Gasteiger partial charge in [0.2, 0.25) is 5.91 Å². The van der Waals surface area contributed by atoms with Gasteiger partial charge in [-0.3, -0.25) is 4.79 Å². The first kappa shape index (κ1) is 16.8. The molecule has 25 heavy (non-hydrogen) atoms. The van der Waals surface area contributed by atoms with E-state index in [2.05, 4.69) is 28.1 Å². The number of benzene rings is 2. The highest BCUT2D eigenvalue weighted by Gasteiger charge is 2.47. The van der Waals surface area contributed by atoms with Crippen LogP contribution in [-0.4, -0.2) is 23.4 Å². The van der Waals surface area contributed by atoms with Gasteiger partial charge in [-0.15, -0.1) is 0 Å². The Morgan fingerprint density at radius 1 is 1.20 bits per heavy atom. The van der Waals surface area contributed by atoms with E-state index in [9.17, 15) is 9.18 Å². The molecule has 0 N–H and O–H groups in total. The van der Waals surface area contributed by atoms with E-state index in [4.69, 9.17) is 0 Å². The summed E-state index contributed by atoms with van der Waals surface area (Å²) >= 11 is 3.51. The van der Waals surface area contributed by atoms with E-state index in [1.807, 2.05) is 23.1 Å². The van der Waals surface area contributed by atoms with Gasteiger partial charge in [0.15, 0.2) is 0 Å². The van der Waals surface area contributed by atoms with Crippen LogP contribution in [0.1, 0.15) is 36.3 Å². The summed E-state index contributed by atoms with van der Waals surface area (Å²) in [6.07, 6.45) is 3.74. The normalized spacial score (nSPS) is 25.2. The van der Waals surface area contributed by atoms with E-state index >= 15 is 0 Å². The summed E-state index contributed by atoms with van der Waals surface area (Å²) in [5, 5.41) is 0. The third-order valence-electron chi connectivity index (χ3n) is 5.41. The smallest absolute Gasteiger partial charge is 0.226 e. The molecular formula is C21H21BrFNO. The molecule has 0 bridgehead atoms. The molecule has 3 atom stereocenters. The predicted octanol–water partition coefficient (Wildman–Crippen LogP) is 4.93. The quantitative estimate of drug-likeness (QED) is 0.711. The van der Waals surface area contributed by atoms with Crippen LogP contribution in [0.2, 0.25) is 0 Å². The van der Waals surface area contributed by atoms with Crippen molar-refractivity contribution in [3.8, 4) is 0 Å². The van der Waals surface area contributed by atoms with Crippen molar-refractivity contribution < 1.29 is 9.18 Å². The summed E-state index contributed by atoms with van der Waals surface area (Å²) in [5.41, 5.74) is 2.22. The average molecular weight is 402 g/mol. The van der Waals surface area contributed by atoms with Crippen LogP contribution in [0.5, 0.6) is 0 Å². The van der Waals surface area contributed by atoms with Crippen molar-refractivity contribution in [3.05, 3.63) is 69.9 Å². The van der Waals surface area contributed by atoms with Crippen LogP contribution in [0.4, 0.5) is 4.39 Å². The number of rotatable bonds is 4. The number of nitrogens with zero attached hydrogens (tertiary/aromatic N) is 1. The maximum absolute atomic E-state index is 13.4. The summed E-state index contributed by atoms with van der Waals surface area (Å²) in [7, 11) is 0. The molecule has 4 rings (SSSR count). The van der Waals surface area contributed by atoms with Crippen LogP contribution < -0.4 is 0 Å². The zero-order valence-electron chi connectivity index (χ0n) is 14.0. The number of carbonyl (C=O) groups excluding carboxylic acids is 1. The Morgan fingerprint density at radius 2 is 2.04 bits per heavy atom. The van der Waals surface area contributed by atoms with Gasteiger partial charge in [0.05, 0.1) is 0 Å². The van der Waals surface area contributed by atoms with Crippen molar-refractivity contribution in [3.63, 3.8) is 0 Å². The van der Waals surface area contributed by atoms with Crippen LogP contribution in [0, 0.1) is 11.7 Å². The van der Waals surface area contributed by atoms with Gasteiger partial charge < -0.3 is 4.90 Å². The Bertz CT molecular complexity index is 793. The first-order valence-corrected chi connectivity index (χ1v) is 9.71. The third-order valence-corrected chi connectivity index (χ3v) is 5.90. The minimum atomic E-state index is -0.203. The highest BCUT2D eigenvalue weighted by atomic mass is 79.9. The fourth-order valence-electron chi connectivity index (χ4n) is 4.06. The van der Waals surface area contributed by atoms with Crippen molar-refractivity contribution in [1.29, 1.82) is 0 Å². The van der Waals surface area contributed by atoms with Crippen molar-refractivity contribution in [1.82, 2.24) is 4.90 Å². The largest absolute Gasteiger partial charge is 0.339 e. The van der Waals surface area contributed by atoms with E-state index in [1.54, 1.807) is 12.1 Å². The molecule has 2 aromatic rings. The Balaban J connectivity index is 1.43. The van der Waals surface area contributed by atoms with E-state index in [1.165, 1.54) is 11.6 Å². The molecule has 0 spiro atoms. The predicted molar refractivity (Wildman–Crippen MR) is 99.8 cm³/mol. The fraction of sp³-hybridized carbons (Fsp3) is 0.381. The lowest BCUT2D eigenvalue weighted by Gasteiger charge is -2.25. The highest BCUT2D eigenvalue weighted by molar-refractivity contribution is 9.10. The van der Waals surface area contributed by atoms with Crippen LogP contribution >= 0.6 is 15.9 Å². The molecule has 2 aliphatic rings. The van der Waals surface area contributed by atoms with E-state index in [0.717, 1.165) is 42.3 Å². The molecule has 1 saturated heterocycles. The molecule has 2 fully saturated rings. The number of halogens is 2. The molecule has 1 aliphatic heterocycles. The van der Waals surface area contributed by atoms with Gasteiger partial charge in [-0.25, -0.2) is 4.39 Å². The zero-order chi connectivity index (χ0) is 17.4. The molecule has 0 radical (unpaired) electrons. The van der Waals surface area contributed by atoms with Crippen LogP contribution in [0.3, 0.4) is 0 Å². The molecule has 1 saturated carbocycles. The molecular weight excluding hydrogens is 381 g/mol. The van der Waals surface area contributed by atoms with Gasteiger partial charge >= 0.3 is 0 Å². The first-order valence-electron chi connectivity index (χ1n) is 8.92. The Hall–Kier alpha value is -1.68. The second kappa shape index (κ2) is 6.91. The van der Waals surface area contributed by atoms with Gasteiger partial charge in [0.25, 0.3) is 0 Å². The van der Waals surface area contributed by atoms with Gasteiger partial charge in [0.1, 0.15) is 5.82 Å². The lowest BCUT2D eigenvalue weighted by atomic mass is 10.0. The van der Waals surface area contributed by atoms with Crippen LogP contribution in [0.15, 0.2) is 53.0 Å². The summed E-state index contributed by atoms with van der Waals surface area (Å²) in [6, 6.07) is 15.2. The fourth-order valence-corrected chi connectivity index (χ4v) is 4.48. The third kappa shape index (κ3) is 3.64. The summed E-state index contributed by atoms with van der Waals surface area (Å²) in [4.78, 5) is 15.0. The van der Waals surface area contributed by atoms with Crippen molar-refractivity contribution in [2.75, 3.05) is 6.54 Å². The molecule has 1 aliphatic carbocycles. The van der Waals surface area contributed by atoms with Crippen LogP contribution in [0.25, 0.3) is 0 Å².